The number of pyridine rings is 1. The van der Waals surface area contributed by atoms with Gasteiger partial charge in [-0.1, -0.05) is 6.07 Å². The average Bonchev–Trinajstić information content (AvgIpc) is 2.73. The number of nitrogens with zero attached hydrogens (tertiary/aromatic N) is 3. The Kier molecular flexibility index (Phi) is 2.36. The maximum atomic E-state index is 5.38. The Hall–Kier alpha value is -1.42. The number of aryl methyl sites for hydroxylation is 1. The van der Waals surface area contributed by atoms with Crippen LogP contribution < -0.4 is 0 Å². The largest absolute Gasteiger partial charge is 0.381 e. The highest BCUT2D eigenvalue weighted by Gasteiger charge is 2.20. The maximum absolute atomic E-state index is 5.38. The highest BCUT2D eigenvalue weighted by Crippen LogP contribution is 2.25. The van der Waals surface area contributed by atoms with Gasteiger partial charge in [-0.05, 0) is 31.4 Å². The van der Waals surface area contributed by atoms with E-state index in [4.69, 9.17) is 4.74 Å². The van der Waals surface area contributed by atoms with Crippen molar-refractivity contribution in [3.63, 3.8) is 0 Å². The molecule has 0 amide bonds. The molecule has 2 aromatic rings. The summed E-state index contributed by atoms with van der Waals surface area (Å²) >= 11 is 0. The molecule has 16 heavy (non-hydrogen) atoms. The Morgan fingerprint density at radius 1 is 1.25 bits per heavy atom. The van der Waals surface area contributed by atoms with Gasteiger partial charge < -0.3 is 4.74 Å². The molecule has 1 saturated heterocycles. The molecule has 0 saturated carbocycles. The van der Waals surface area contributed by atoms with Gasteiger partial charge in [-0.25, -0.2) is 0 Å². The fourth-order valence-corrected chi connectivity index (χ4v) is 2.25. The van der Waals surface area contributed by atoms with Crippen LogP contribution in [0.2, 0.25) is 0 Å². The number of fused-ring (bicyclic) bond motifs is 1. The Morgan fingerprint density at radius 2 is 2.06 bits per heavy atom. The summed E-state index contributed by atoms with van der Waals surface area (Å²) in [6.45, 7) is 3.77. The van der Waals surface area contributed by atoms with Crippen molar-refractivity contribution in [3.8, 4) is 0 Å². The van der Waals surface area contributed by atoms with Gasteiger partial charge in [-0.2, -0.15) is 0 Å². The lowest BCUT2D eigenvalue weighted by atomic mass is 9.99. The van der Waals surface area contributed by atoms with Crippen LogP contribution in [0.5, 0.6) is 0 Å². The molecule has 0 spiro atoms. The summed E-state index contributed by atoms with van der Waals surface area (Å²) in [4.78, 5) is 0. The number of hydrogen-bond donors (Lipinski definition) is 0. The molecule has 3 heterocycles. The second-order valence-electron chi connectivity index (χ2n) is 4.38. The van der Waals surface area contributed by atoms with Crippen molar-refractivity contribution in [3.05, 3.63) is 29.7 Å². The van der Waals surface area contributed by atoms with Gasteiger partial charge in [0.25, 0.3) is 0 Å². The number of hydrogen-bond acceptors (Lipinski definition) is 3. The minimum atomic E-state index is 0.491. The number of ether oxygens (including phenoxy) is 1. The molecule has 0 aliphatic carbocycles. The van der Waals surface area contributed by atoms with Crippen molar-refractivity contribution in [1.82, 2.24) is 14.6 Å². The molecule has 1 fully saturated rings. The van der Waals surface area contributed by atoms with Crippen LogP contribution in [-0.2, 0) is 4.74 Å². The van der Waals surface area contributed by atoms with E-state index in [-0.39, 0.29) is 0 Å². The van der Waals surface area contributed by atoms with Crippen molar-refractivity contribution in [2.75, 3.05) is 13.2 Å². The first-order valence-electron chi connectivity index (χ1n) is 5.73. The maximum Gasteiger partial charge on any atom is 0.160 e. The number of rotatable bonds is 1. The topological polar surface area (TPSA) is 39.4 Å². The summed E-state index contributed by atoms with van der Waals surface area (Å²) in [6, 6.07) is 4.09. The third-order valence-electron chi connectivity index (χ3n) is 3.16. The van der Waals surface area contributed by atoms with Gasteiger partial charge in [0, 0.05) is 25.3 Å². The van der Waals surface area contributed by atoms with Gasteiger partial charge >= 0.3 is 0 Å². The molecule has 0 N–H and O–H groups in total. The minimum absolute atomic E-state index is 0.491. The molecule has 2 aromatic heterocycles. The SMILES string of the molecule is Cc1ccc2nnc(C3CCOCC3)n2c1. The summed E-state index contributed by atoms with van der Waals surface area (Å²) in [5.41, 5.74) is 2.17. The summed E-state index contributed by atoms with van der Waals surface area (Å²) < 4.78 is 7.49. The summed E-state index contributed by atoms with van der Waals surface area (Å²) in [5, 5.41) is 8.52. The lowest BCUT2D eigenvalue weighted by Crippen LogP contribution is -2.16. The van der Waals surface area contributed by atoms with Crippen LogP contribution in [0.3, 0.4) is 0 Å². The van der Waals surface area contributed by atoms with Crippen LogP contribution in [0.25, 0.3) is 5.65 Å². The first kappa shape index (κ1) is 9.78. The number of aromatic nitrogens is 3. The van der Waals surface area contributed by atoms with Crippen molar-refractivity contribution in [2.24, 2.45) is 0 Å². The molecular weight excluding hydrogens is 202 g/mol. The third-order valence-corrected chi connectivity index (χ3v) is 3.16. The van der Waals surface area contributed by atoms with Crippen molar-refractivity contribution < 1.29 is 4.74 Å². The first-order valence-corrected chi connectivity index (χ1v) is 5.73. The fraction of sp³-hybridized carbons (Fsp3) is 0.500. The van der Waals surface area contributed by atoms with Gasteiger partial charge in [-0.15, -0.1) is 10.2 Å². The molecule has 3 rings (SSSR count). The Morgan fingerprint density at radius 3 is 2.88 bits per heavy atom. The lowest BCUT2D eigenvalue weighted by molar-refractivity contribution is 0.0834. The van der Waals surface area contributed by atoms with Gasteiger partial charge in [0.15, 0.2) is 5.65 Å². The minimum Gasteiger partial charge on any atom is -0.381 e. The van der Waals surface area contributed by atoms with E-state index in [1.54, 1.807) is 0 Å². The predicted octanol–water partition coefficient (Wildman–Crippen LogP) is 1.93. The van der Waals surface area contributed by atoms with Crippen molar-refractivity contribution >= 4 is 5.65 Å². The van der Waals surface area contributed by atoms with E-state index < -0.39 is 0 Å². The van der Waals surface area contributed by atoms with Crippen LogP contribution >= 0.6 is 0 Å². The molecule has 1 aliphatic rings. The fourth-order valence-electron chi connectivity index (χ4n) is 2.25. The average molecular weight is 217 g/mol. The van der Waals surface area contributed by atoms with Gasteiger partial charge in [-0.3, -0.25) is 4.40 Å². The zero-order valence-corrected chi connectivity index (χ0v) is 9.39. The van der Waals surface area contributed by atoms with E-state index in [0.29, 0.717) is 5.92 Å². The first-order chi connectivity index (χ1) is 7.84. The molecular formula is C12H15N3O. The summed E-state index contributed by atoms with van der Waals surface area (Å²) in [5.74, 6) is 1.58. The molecule has 0 aromatic carbocycles. The molecule has 0 atom stereocenters. The third kappa shape index (κ3) is 1.59. The van der Waals surface area contributed by atoms with E-state index in [0.717, 1.165) is 37.5 Å². The predicted molar refractivity (Wildman–Crippen MR) is 60.5 cm³/mol. The van der Waals surface area contributed by atoms with E-state index in [2.05, 4.69) is 33.8 Å². The van der Waals surface area contributed by atoms with Gasteiger partial charge in [0.1, 0.15) is 5.82 Å². The zero-order chi connectivity index (χ0) is 11.0. The normalized spacial score (nSPS) is 18.1. The summed E-state index contributed by atoms with van der Waals surface area (Å²) in [6.07, 6.45) is 4.21. The van der Waals surface area contributed by atoms with Crippen LogP contribution in [0.15, 0.2) is 18.3 Å². The van der Waals surface area contributed by atoms with Gasteiger partial charge in [0.2, 0.25) is 0 Å². The summed E-state index contributed by atoms with van der Waals surface area (Å²) in [7, 11) is 0. The monoisotopic (exact) mass is 217 g/mol. The van der Waals surface area contributed by atoms with Gasteiger partial charge in [0.05, 0.1) is 0 Å². The Bertz CT molecular complexity index is 500. The Balaban J connectivity index is 2.05. The Labute approximate surface area is 94.3 Å². The van der Waals surface area contributed by atoms with E-state index in [9.17, 15) is 0 Å². The molecule has 0 unspecified atom stereocenters. The van der Waals surface area contributed by atoms with E-state index in [1.165, 1.54) is 5.56 Å². The molecule has 4 heteroatoms. The zero-order valence-electron chi connectivity index (χ0n) is 9.39. The standard InChI is InChI=1S/C12H15N3O/c1-9-2-3-11-13-14-12(15(11)8-9)10-4-6-16-7-5-10/h2-3,8,10H,4-7H2,1H3. The second-order valence-corrected chi connectivity index (χ2v) is 4.38. The lowest BCUT2D eigenvalue weighted by Gasteiger charge is -2.20. The highest BCUT2D eigenvalue weighted by atomic mass is 16.5. The van der Waals surface area contributed by atoms with Crippen LogP contribution in [0.4, 0.5) is 0 Å². The quantitative estimate of drug-likeness (QED) is 0.732. The van der Waals surface area contributed by atoms with Crippen LogP contribution in [0, 0.1) is 6.92 Å². The molecule has 1 aliphatic heterocycles. The van der Waals surface area contributed by atoms with Crippen LogP contribution in [-0.4, -0.2) is 27.8 Å². The van der Waals surface area contributed by atoms with Crippen molar-refractivity contribution in [2.45, 2.75) is 25.7 Å². The molecule has 4 nitrogen and oxygen atoms in total. The molecule has 84 valence electrons. The van der Waals surface area contributed by atoms with E-state index in [1.807, 2.05) is 6.07 Å². The van der Waals surface area contributed by atoms with Crippen LogP contribution in [0.1, 0.15) is 30.1 Å². The highest BCUT2D eigenvalue weighted by molar-refractivity contribution is 5.39. The molecule has 0 radical (unpaired) electrons. The smallest absolute Gasteiger partial charge is 0.160 e. The van der Waals surface area contributed by atoms with E-state index >= 15 is 0 Å². The second kappa shape index (κ2) is 3.87. The molecule has 0 bridgehead atoms. The van der Waals surface area contributed by atoms with Crippen molar-refractivity contribution in [1.29, 1.82) is 0 Å².